The van der Waals surface area contributed by atoms with Gasteiger partial charge in [-0.05, 0) is 54.8 Å². The fraction of sp³-hybridized carbons (Fsp3) is 0.286. The van der Waals surface area contributed by atoms with E-state index in [2.05, 4.69) is 16.9 Å². The Bertz CT molecular complexity index is 1360. The Morgan fingerprint density at radius 1 is 1.06 bits per heavy atom. The number of fused-ring (bicyclic) bond motifs is 3. The van der Waals surface area contributed by atoms with Crippen LogP contribution in [0.2, 0.25) is 0 Å². The minimum Gasteiger partial charge on any atom is -0.497 e. The number of ether oxygens (including phenoxy) is 1. The van der Waals surface area contributed by atoms with Crippen LogP contribution in [0.25, 0.3) is 0 Å². The first-order valence-electron chi connectivity index (χ1n) is 11.4. The van der Waals surface area contributed by atoms with Crippen molar-refractivity contribution < 1.29 is 13.2 Å². The minimum absolute atomic E-state index is 0.306. The first kappa shape index (κ1) is 22.5. The van der Waals surface area contributed by atoms with Gasteiger partial charge in [-0.1, -0.05) is 53.9 Å². The molecule has 6 heteroatoms. The van der Waals surface area contributed by atoms with Crippen LogP contribution in [0.3, 0.4) is 0 Å². The lowest BCUT2D eigenvalue weighted by molar-refractivity contribution is 0.296. The van der Waals surface area contributed by atoms with Crippen LogP contribution in [0.4, 0.5) is 5.69 Å². The normalized spacial score (nSPS) is 22.6. The molecule has 0 radical (unpaired) electrons. The molecule has 34 heavy (non-hydrogen) atoms. The number of methoxy groups -OCH3 is 1. The summed E-state index contributed by atoms with van der Waals surface area (Å²) in [5.74, 6) is 3.50. The topological polar surface area (TPSA) is 49.9 Å². The van der Waals surface area contributed by atoms with Gasteiger partial charge in [0.25, 0.3) is 0 Å². The average Bonchev–Trinajstić information content (AvgIpc) is 3.36. The van der Waals surface area contributed by atoms with E-state index < -0.39 is 21.6 Å². The molecule has 0 spiro atoms. The molecule has 0 bridgehead atoms. The van der Waals surface area contributed by atoms with Crippen LogP contribution in [0.5, 0.6) is 5.75 Å². The number of para-hydroxylation sites is 1. The molecular weight excluding hydrogens is 444 g/mol. The van der Waals surface area contributed by atoms with E-state index >= 15 is 0 Å². The lowest BCUT2D eigenvalue weighted by atomic mass is 9.67. The summed E-state index contributed by atoms with van der Waals surface area (Å²) in [6.07, 6.45) is 6.42. The Labute approximate surface area is 202 Å². The van der Waals surface area contributed by atoms with Crippen molar-refractivity contribution in [3.63, 3.8) is 0 Å². The smallest absolute Gasteiger partial charge is 0.244 e. The number of sulfonamides is 1. The molecule has 5 nitrogen and oxygen atoms in total. The molecule has 3 aromatic rings. The number of anilines is 1. The number of benzene rings is 3. The maximum Gasteiger partial charge on any atom is 0.244 e. The van der Waals surface area contributed by atoms with Gasteiger partial charge in [0.2, 0.25) is 10.0 Å². The monoisotopic (exact) mass is 472 g/mol. The van der Waals surface area contributed by atoms with E-state index in [9.17, 15) is 8.42 Å². The number of hydrogen-bond acceptors (Lipinski definition) is 4. The van der Waals surface area contributed by atoms with Crippen LogP contribution in [0, 0.1) is 19.3 Å². The molecule has 1 unspecified atom stereocenters. The van der Waals surface area contributed by atoms with Gasteiger partial charge < -0.3 is 9.64 Å². The molecule has 5 rings (SSSR count). The zero-order chi connectivity index (χ0) is 24.1. The molecule has 1 saturated heterocycles. The number of rotatable bonds is 5. The Hall–Kier alpha value is -3.27. The average molecular weight is 473 g/mol. The summed E-state index contributed by atoms with van der Waals surface area (Å²) in [6.45, 7) is 2.35. The van der Waals surface area contributed by atoms with Gasteiger partial charge in [0, 0.05) is 19.3 Å². The quantitative estimate of drug-likeness (QED) is 0.512. The van der Waals surface area contributed by atoms with Crippen LogP contribution in [0.1, 0.15) is 29.0 Å². The minimum atomic E-state index is -3.73. The largest absolute Gasteiger partial charge is 0.497 e. The van der Waals surface area contributed by atoms with Gasteiger partial charge in [-0.25, -0.2) is 8.42 Å². The Kier molecular flexibility index (Phi) is 5.43. The molecule has 0 saturated carbocycles. The molecule has 174 valence electrons. The molecule has 0 aliphatic carbocycles. The molecule has 2 aliphatic rings. The van der Waals surface area contributed by atoms with Crippen molar-refractivity contribution in [2.75, 3.05) is 25.6 Å². The molecule has 0 aromatic heterocycles. The first-order valence-corrected chi connectivity index (χ1v) is 12.8. The second-order valence-corrected chi connectivity index (χ2v) is 11.0. The Balaban J connectivity index is 1.67. The highest BCUT2D eigenvalue weighted by molar-refractivity contribution is 7.89. The van der Waals surface area contributed by atoms with E-state index in [1.807, 2.05) is 68.6 Å². The van der Waals surface area contributed by atoms with Gasteiger partial charge in [0.05, 0.1) is 23.3 Å². The third kappa shape index (κ3) is 3.15. The number of likely N-dealkylation sites (N-methyl/N-ethyl adjacent to an activating group) is 1. The fourth-order valence-corrected chi connectivity index (χ4v) is 7.48. The summed E-state index contributed by atoms with van der Waals surface area (Å²) in [6, 6.07) is 23.0. The van der Waals surface area contributed by atoms with Crippen LogP contribution in [-0.2, 0) is 15.4 Å². The molecular formula is C28H28N2O3S. The lowest BCUT2D eigenvalue weighted by Gasteiger charge is -2.39. The first-order chi connectivity index (χ1) is 16.3. The molecule has 1 fully saturated rings. The highest BCUT2D eigenvalue weighted by Crippen LogP contribution is 2.58. The molecule has 2 heterocycles. The summed E-state index contributed by atoms with van der Waals surface area (Å²) in [4.78, 5) is 2.39. The van der Waals surface area contributed by atoms with E-state index in [0.717, 1.165) is 28.1 Å². The predicted molar refractivity (Wildman–Crippen MR) is 135 cm³/mol. The number of nitrogens with zero attached hydrogens (tertiary/aromatic N) is 2. The summed E-state index contributed by atoms with van der Waals surface area (Å²) < 4.78 is 34.8. The summed E-state index contributed by atoms with van der Waals surface area (Å²) >= 11 is 0. The van der Waals surface area contributed by atoms with Crippen LogP contribution in [-0.4, -0.2) is 39.6 Å². The predicted octanol–water partition coefficient (Wildman–Crippen LogP) is 4.53. The highest BCUT2D eigenvalue weighted by atomic mass is 32.2. The van der Waals surface area contributed by atoms with Crippen LogP contribution < -0.4 is 9.64 Å². The zero-order valence-corrected chi connectivity index (χ0v) is 20.4. The van der Waals surface area contributed by atoms with Gasteiger partial charge in [-0.2, -0.15) is 4.31 Å². The summed E-state index contributed by atoms with van der Waals surface area (Å²) in [5, 5.41) is 0. The summed E-state index contributed by atoms with van der Waals surface area (Å²) in [7, 11) is -0.128. The van der Waals surface area contributed by atoms with Crippen molar-refractivity contribution >= 4 is 15.7 Å². The van der Waals surface area contributed by atoms with Crippen molar-refractivity contribution in [2.24, 2.45) is 0 Å². The highest BCUT2D eigenvalue weighted by Gasteiger charge is 2.62. The van der Waals surface area contributed by atoms with E-state index in [-0.39, 0.29) is 5.92 Å². The van der Waals surface area contributed by atoms with Crippen molar-refractivity contribution in [3.05, 3.63) is 89.5 Å². The van der Waals surface area contributed by atoms with Crippen LogP contribution >= 0.6 is 0 Å². The van der Waals surface area contributed by atoms with Gasteiger partial charge in [0.1, 0.15) is 11.9 Å². The molecule has 0 N–H and O–H groups in total. The number of hydrogen-bond donors (Lipinski definition) is 0. The van der Waals surface area contributed by atoms with Crippen molar-refractivity contribution in [1.29, 1.82) is 0 Å². The maximum atomic E-state index is 13.9. The Morgan fingerprint density at radius 3 is 2.38 bits per heavy atom. The second-order valence-electron chi connectivity index (χ2n) is 9.09. The van der Waals surface area contributed by atoms with Gasteiger partial charge in [-0.3, -0.25) is 0 Å². The Morgan fingerprint density at radius 2 is 1.74 bits per heavy atom. The molecule has 3 aromatic carbocycles. The zero-order valence-electron chi connectivity index (χ0n) is 19.6. The molecule has 3 atom stereocenters. The van der Waals surface area contributed by atoms with Crippen LogP contribution in [0.15, 0.2) is 77.7 Å². The standard InChI is InChI=1S/C28H28N2O3S/c1-5-24(21-12-14-22(33-4)15-13-21)28-18-19-30(34(31,32)23-16-10-20(2)11-17-23)27(28)29(3)26-9-7-6-8-25(26)28/h1,6-17,24,27H,18-19H2,2-4H3/t24?,27-,28+/m0/s1. The van der Waals surface area contributed by atoms with Gasteiger partial charge in [0.15, 0.2) is 0 Å². The number of aryl methyl sites for hydroxylation is 1. The summed E-state index contributed by atoms with van der Waals surface area (Å²) in [5.41, 5.74) is 3.54. The maximum absolute atomic E-state index is 13.9. The SMILES string of the molecule is C#CC(c1ccc(OC)cc1)[C@@]12CCN(S(=O)(=O)c3ccc(C)cc3)[C@@H]1N(C)c1ccccc12. The van der Waals surface area contributed by atoms with Crippen molar-refractivity contribution in [1.82, 2.24) is 4.31 Å². The fourth-order valence-electron chi connectivity index (χ4n) is 5.81. The third-order valence-electron chi connectivity index (χ3n) is 7.39. The van der Waals surface area contributed by atoms with E-state index in [1.54, 1.807) is 23.5 Å². The van der Waals surface area contributed by atoms with Crippen molar-refractivity contribution in [2.45, 2.75) is 35.7 Å². The van der Waals surface area contributed by atoms with Crippen molar-refractivity contribution in [3.8, 4) is 18.1 Å². The van der Waals surface area contributed by atoms with E-state index in [0.29, 0.717) is 17.9 Å². The van der Waals surface area contributed by atoms with E-state index in [4.69, 9.17) is 11.2 Å². The second kappa shape index (κ2) is 8.19. The molecule has 2 aliphatic heterocycles. The van der Waals surface area contributed by atoms with Gasteiger partial charge in [-0.15, -0.1) is 6.42 Å². The lowest BCUT2D eigenvalue weighted by Crippen LogP contribution is -2.52. The van der Waals surface area contributed by atoms with E-state index in [1.165, 1.54) is 0 Å². The number of terminal acetylenes is 1. The molecule has 0 amide bonds. The third-order valence-corrected chi connectivity index (χ3v) is 9.26. The van der Waals surface area contributed by atoms with Gasteiger partial charge >= 0.3 is 0 Å².